The molecule has 36 nitrogen and oxygen atoms in total. The van der Waals surface area contributed by atoms with E-state index in [1.54, 1.807) is 32.0 Å². The molecular weight excluding hydrogens is 1350 g/mol. The van der Waals surface area contributed by atoms with Gasteiger partial charge in [0, 0.05) is 40.3 Å². The standard InChI is InChI=1S/C50H42Cl2N14O16S2.2O3S/c1-23-9-37(55-49-59-46(52)60-50(62-49)56-38-18-33(83(73,74)75)13-28-6-7-35(43(69)41(28)38)65-63-29-11-25(19-81-71)10-26(12-29)20-82-72)24(2)8-36(23)54-48-58-45(51)57-47(61-48)53-34-5-3-4-27-14-39(84(76,77)78)42(44(70)40(27)34)66-64-30-15-31(79-21-67)17-32(16-30)80-22-68;2*1-4(2)3/h3-18,67-72H,19-22H2,1-2H3,(H,73,74,75)(H,76,77,78)(H2,53,54,57,58,61)(H2,55,56,59,60,62);;. The van der Waals surface area contributed by atoms with Crippen LogP contribution in [0.1, 0.15) is 22.3 Å². The highest BCUT2D eigenvalue weighted by molar-refractivity contribution is 7.86. The summed E-state index contributed by atoms with van der Waals surface area (Å²) >= 11 is 12.8. The topological polar surface area (TPSA) is 544 Å². The normalized spacial score (nSPS) is 11.4. The van der Waals surface area contributed by atoms with Crippen LogP contribution in [0, 0.1) is 13.8 Å². The Hall–Kier alpha value is -9.92. The molecule has 0 saturated heterocycles. The Morgan fingerprint density at radius 2 is 0.967 bits per heavy atom. The van der Waals surface area contributed by atoms with Crippen molar-refractivity contribution in [1.82, 2.24) is 29.9 Å². The molecule has 12 N–H and O–H groups in total. The molecule has 0 aliphatic carbocycles. The van der Waals surface area contributed by atoms with Crippen LogP contribution in [0.25, 0.3) is 21.5 Å². The molecule has 0 aliphatic rings. The fraction of sp³-hybridized carbons (Fsp3) is 0.120. The van der Waals surface area contributed by atoms with E-state index in [2.05, 4.69) is 81.4 Å². The predicted octanol–water partition coefficient (Wildman–Crippen LogP) is 8.62. The maximum absolute atomic E-state index is 12.6. The number of phenolic OH excluding ortho intramolecular Hbond substituents is 2. The van der Waals surface area contributed by atoms with Crippen LogP contribution in [0.3, 0.4) is 0 Å². The van der Waals surface area contributed by atoms with Gasteiger partial charge in [-0.2, -0.15) is 57.0 Å². The van der Waals surface area contributed by atoms with E-state index < -0.39 is 82.0 Å². The highest BCUT2D eigenvalue weighted by Gasteiger charge is 2.25. The smallest absolute Gasteiger partial charge is 0.425 e. The quantitative estimate of drug-likeness (QED) is 0.00992. The lowest BCUT2D eigenvalue weighted by Gasteiger charge is -2.16. The number of nitrogens with zero attached hydrogens (tertiary/aromatic N) is 10. The molecule has 9 aromatic rings. The molecule has 2 aromatic heterocycles. The van der Waals surface area contributed by atoms with Gasteiger partial charge in [-0.15, -0.1) is 35.5 Å². The Balaban J connectivity index is 0.00000142. The molecule has 92 heavy (non-hydrogen) atoms. The van der Waals surface area contributed by atoms with E-state index in [-0.39, 0.29) is 109 Å². The first-order valence-corrected chi connectivity index (χ1v) is 30.4. The summed E-state index contributed by atoms with van der Waals surface area (Å²) in [6.07, 6.45) is 0. The maximum atomic E-state index is 12.6. The van der Waals surface area contributed by atoms with Gasteiger partial charge in [0.2, 0.25) is 34.4 Å². The SMILES string of the molecule is Cc1cc(Nc2nc(Cl)nc(Nc3cccc4cc(S(=O)(=O)O)c(N=Nc5cc(OCO)cc(OCO)c5)c(O)c34)n2)c(C)cc1Nc1nc(Cl)nc(Nc2cc(S(=O)(=O)O)cc3ccc(N=Nc4cc(COO)cc(COO)c4)c(O)c23)n1.O=S(=O)=O.O=S(=O)=O. The number of fused-ring (bicyclic) bond motifs is 2. The number of benzene rings is 7. The van der Waals surface area contributed by atoms with E-state index in [1.165, 1.54) is 60.7 Å². The van der Waals surface area contributed by atoms with Gasteiger partial charge < -0.3 is 51.2 Å². The van der Waals surface area contributed by atoms with E-state index in [0.717, 1.165) is 18.2 Å². The number of rotatable bonds is 22. The van der Waals surface area contributed by atoms with Gasteiger partial charge in [0.15, 0.2) is 25.1 Å². The van der Waals surface area contributed by atoms with E-state index in [4.69, 9.17) is 68.4 Å². The van der Waals surface area contributed by atoms with Gasteiger partial charge in [-0.25, -0.2) is 9.78 Å². The van der Waals surface area contributed by atoms with Crippen LogP contribution in [-0.2, 0) is 64.4 Å². The summed E-state index contributed by atoms with van der Waals surface area (Å²) in [5, 5.41) is 87.7. The largest absolute Gasteiger partial charge is 0.505 e. The minimum atomic E-state index is -5.04. The monoisotopic (exact) mass is 1390 g/mol. The lowest BCUT2D eigenvalue weighted by atomic mass is 10.1. The number of halogens is 2. The van der Waals surface area contributed by atoms with Crippen molar-refractivity contribution in [3.8, 4) is 23.0 Å². The number of ether oxygens (including phenoxy) is 2. The second-order valence-electron chi connectivity index (χ2n) is 18.0. The van der Waals surface area contributed by atoms with Gasteiger partial charge in [0.05, 0.1) is 27.6 Å². The van der Waals surface area contributed by atoms with Crippen molar-refractivity contribution in [1.29, 1.82) is 0 Å². The van der Waals surface area contributed by atoms with Crippen LogP contribution in [0.5, 0.6) is 23.0 Å². The maximum Gasteiger partial charge on any atom is 0.425 e. The zero-order valence-corrected chi connectivity index (χ0v) is 51.0. The van der Waals surface area contributed by atoms with Crippen molar-refractivity contribution >= 4 is 155 Å². The molecule has 0 atom stereocenters. The van der Waals surface area contributed by atoms with Crippen molar-refractivity contribution in [2.75, 3.05) is 34.9 Å². The minimum absolute atomic E-state index is 0.00100. The molecular formula is C50H42Cl2N14O22S4. The number of phenols is 2. The zero-order chi connectivity index (χ0) is 67.2. The highest BCUT2D eigenvalue weighted by Crippen LogP contribution is 2.46. The number of azo groups is 2. The molecule has 0 aliphatic heterocycles. The number of aryl methyl sites for hydroxylation is 2. The lowest BCUT2D eigenvalue weighted by molar-refractivity contribution is -0.254. The lowest BCUT2D eigenvalue weighted by Crippen LogP contribution is -2.07. The second kappa shape index (κ2) is 30.7. The number of aliphatic hydroxyl groups is 2. The Morgan fingerprint density at radius 1 is 0.511 bits per heavy atom. The fourth-order valence-electron chi connectivity index (χ4n) is 8.29. The minimum Gasteiger partial charge on any atom is -0.505 e. The third kappa shape index (κ3) is 18.8. The van der Waals surface area contributed by atoms with Gasteiger partial charge in [-0.1, -0.05) is 24.3 Å². The van der Waals surface area contributed by atoms with Crippen molar-refractivity contribution in [3.05, 3.63) is 130 Å². The van der Waals surface area contributed by atoms with Gasteiger partial charge in [-0.05, 0) is 125 Å². The predicted molar refractivity (Wildman–Crippen MR) is 320 cm³/mol. The average molecular weight is 1390 g/mol. The number of anilines is 8. The third-order valence-electron chi connectivity index (χ3n) is 11.8. The Bertz CT molecular complexity index is 4770. The van der Waals surface area contributed by atoms with Gasteiger partial charge >= 0.3 is 21.2 Å². The summed E-state index contributed by atoms with van der Waals surface area (Å²) in [5.74, 6) is -1.70. The number of hydrogen-bond acceptors (Lipinski definition) is 34. The summed E-state index contributed by atoms with van der Waals surface area (Å²) < 4.78 is 131. The van der Waals surface area contributed by atoms with Crippen LogP contribution in [-0.4, -0.2) is 126 Å². The van der Waals surface area contributed by atoms with Crippen LogP contribution in [0.4, 0.5) is 69.3 Å². The molecule has 0 spiro atoms. The first-order chi connectivity index (χ1) is 43.5. The summed E-state index contributed by atoms with van der Waals surface area (Å²) in [6, 6.07) is 22.4. The molecule has 0 unspecified atom stereocenters. The summed E-state index contributed by atoms with van der Waals surface area (Å²) in [7, 11) is -16.1. The number of aliphatic hydroxyl groups excluding tert-OH is 2. The third-order valence-corrected chi connectivity index (χ3v) is 13.9. The molecule has 0 amide bonds. The van der Waals surface area contributed by atoms with E-state index >= 15 is 0 Å². The number of aromatic nitrogens is 6. The number of nitrogens with one attached hydrogen (secondary N) is 4. The molecule has 2 heterocycles. The first-order valence-electron chi connectivity index (χ1n) is 24.8. The number of aromatic hydroxyl groups is 2. The van der Waals surface area contributed by atoms with Gasteiger partial charge in [0.1, 0.15) is 41.0 Å². The average Bonchev–Trinajstić information content (AvgIpc) is 0.771. The second-order valence-corrected chi connectivity index (χ2v) is 22.3. The van der Waals surface area contributed by atoms with E-state index in [1.807, 2.05) is 0 Å². The number of hydrogen-bond donors (Lipinski definition) is 12. The van der Waals surface area contributed by atoms with E-state index in [9.17, 15) is 46.4 Å². The molecule has 0 saturated carbocycles. The Kier molecular flexibility index (Phi) is 23.2. The van der Waals surface area contributed by atoms with Crippen molar-refractivity contribution < 1.29 is 101 Å². The zero-order valence-electron chi connectivity index (χ0n) is 46.2. The van der Waals surface area contributed by atoms with Crippen LogP contribution >= 0.6 is 23.2 Å². The van der Waals surface area contributed by atoms with Crippen molar-refractivity contribution in [2.45, 2.75) is 36.9 Å². The van der Waals surface area contributed by atoms with Crippen LogP contribution in [0.2, 0.25) is 10.6 Å². The van der Waals surface area contributed by atoms with E-state index in [0.29, 0.717) is 33.6 Å². The first kappa shape index (κ1) is 69.6. The molecule has 482 valence electrons. The van der Waals surface area contributed by atoms with Gasteiger partial charge in [-0.3, -0.25) is 19.6 Å². The fourth-order valence-corrected chi connectivity index (χ4v) is 9.81. The summed E-state index contributed by atoms with van der Waals surface area (Å²) in [6.45, 7) is 1.57. The summed E-state index contributed by atoms with van der Waals surface area (Å²) in [4.78, 5) is 32.7. The molecule has 42 heteroatoms. The molecule has 9 rings (SSSR count). The Labute approximate surface area is 529 Å². The molecule has 0 radical (unpaired) electrons. The Morgan fingerprint density at radius 3 is 1.45 bits per heavy atom. The van der Waals surface area contributed by atoms with Crippen LogP contribution in [0.15, 0.2) is 127 Å². The molecule has 7 aromatic carbocycles. The summed E-state index contributed by atoms with van der Waals surface area (Å²) in [5.41, 5.74) is 2.46. The van der Waals surface area contributed by atoms with Crippen molar-refractivity contribution in [3.63, 3.8) is 0 Å². The highest BCUT2D eigenvalue weighted by atomic mass is 35.5. The molecule has 0 fully saturated rings. The van der Waals surface area contributed by atoms with Crippen molar-refractivity contribution in [2.24, 2.45) is 20.5 Å². The molecule has 0 bridgehead atoms. The van der Waals surface area contributed by atoms with Gasteiger partial charge in [0.25, 0.3) is 20.2 Å². The van der Waals surface area contributed by atoms with Crippen LogP contribution < -0.4 is 30.7 Å².